The van der Waals surface area contributed by atoms with Gasteiger partial charge in [0.05, 0.1) is 6.61 Å². The molecule has 0 atom stereocenters. The topological polar surface area (TPSA) is 43.4 Å². The van der Waals surface area contributed by atoms with Crippen LogP contribution < -0.4 is 0 Å². The van der Waals surface area contributed by atoms with Gasteiger partial charge >= 0.3 is 5.97 Å². The first-order valence-electron chi connectivity index (χ1n) is 8.46. The van der Waals surface area contributed by atoms with Crippen molar-refractivity contribution in [1.82, 2.24) is 0 Å². The summed E-state index contributed by atoms with van der Waals surface area (Å²) >= 11 is 0. The van der Waals surface area contributed by atoms with Gasteiger partial charge in [-0.1, -0.05) is 57.8 Å². The van der Waals surface area contributed by atoms with E-state index in [0.29, 0.717) is 19.3 Å². The number of hydrogen-bond acceptors (Lipinski definition) is 3. The van der Waals surface area contributed by atoms with Gasteiger partial charge in [-0.05, 0) is 12.8 Å². The van der Waals surface area contributed by atoms with Gasteiger partial charge < -0.3 is 4.74 Å². The third-order valence-electron chi connectivity index (χ3n) is 3.98. The maximum Gasteiger partial charge on any atom is 0.305 e. The Morgan fingerprint density at radius 3 is 1.55 bits per heavy atom. The first-order valence-corrected chi connectivity index (χ1v) is 8.46. The van der Waals surface area contributed by atoms with Crippen LogP contribution in [0.25, 0.3) is 0 Å². The summed E-state index contributed by atoms with van der Waals surface area (Å²) in [7, 11) is 0. The lowest BCUT2D eigenvalue weighted by atomic mass is 10.0. The zero-order valence-corrected chi connectivity index (χ0v) is 12.8. The SMILES string of the molecule is O=C1CCCCCCCCCCCCCC(=O)OCC1. The molecule has 3 nitrogen and oxygen atoms in total. The van der Waals surface area contributed by atoms with E-state index < -0.39 is 0 Å². The van der Waals surface area contributed by atoms with Crippen molar-refractivity contribution in [2.24, 2.45) is 0 Å². The van der Waals surface area contributed by atoms with E-state index in [9.17, 15) is 9.59 Å². The second-order valence-electron chi connectivity index (χ2n) is 5.90. The summed E-state index contributed by atoms with van der Waals surface area (Å²) in [5.41, 5.74) is 0. The van der Waals surface area contributed by atoms with Crippen LogP contribution in [0, 0.1) is 0 Å². The fraction of sp³-hybridized carbons (Fsp3) is 0.882. The lowest BCUT2D eigenvalue weighted by molar-refractivity contribution is -0.144. The van der Waals surface area contributed by atoms with E-state index in [-0.39, 0.29) is 18.4 Å². The van der Waals surface area contributed by atoms with E-state index in [4.69, 9.17) is 4.74 Å². The molecule has 0 amide bonds. The Balaban J connectivity index is 2.20. The van der Waals surface area contributed by atoms with Gasteiger partial charge in [-0.15, -0.1) is 0 Å². The van der Waals surface area contributed by atoms with Crippen LogP contribution in [-0.2, 0) is 14.3 Å². The van der Waals surface area contributed by atoms with Gasteiger partial charge in [0.25, 0.3) is 0 Å². The second-order valence-corrected chi connectivity index (χ2v) is 5.90. The molecule has 1 saturated heterocycles. The third kappa shape index (κ3) is 9.99. The number of cyclic esters (lactones) is 1. The maximum absolute atomic E-state index is 11.6. The van der Waals surface area contributed by atoms with Gasteiger partial charge in [0.15, 0.2) is 0 Å². The van der Waals surface area contributed by atoms with Crippen molar-refractivity contribution in [3.05, 3.63) is 0 Å². The van der Waals surface area contributed by atoms with E-state index >= 15 is 0 Å². The van der Waals surface area contributed by atoms with E-state index in [0.717, 1.165) is 25.7 Å². The number of Topliss-reactive ketones (excluding diaryl/α,β-unsaturated/α-hetero) is 1. The van der Waals surface area contributed by atoms with Crippen LogP contribution in [-0.4, -0.2) is 18.4 Å². The Bertz CT molecular complexity index is 247. The van der Waals surface area contributed by atoms with Crippen molar-refractivity contribution in [1.29, 1.82) is 0 Å². The molecule has 0 aromatic rings. The molecule has 20 heavy (non-hydrogen) atoms. The Morgan fingerprint density at radius 2 is 1.00 bits per heavy atom. The number of carbonyl (C=O) groups is 2. The Hall–Kier alpha value is -0.860. The van der Waals surface area contributed by atoms with Gasteiger partial charge in [0.1, 0.15) is 5.78 Å². The summed E-state index contributed by atoms with van der Waals surface area (Å²) in [6.07, 6.45) is 14.8. The summed E-state index contributed by atoms with van der Waals surface area (Å²) < 4.78 is 5.10. The van der Waals surface area contributed by atoms with Crippen LogP contribution in [0.4, 0.5) is 0 Å². The summed E-state index contributed by atoms with van der Waals surface area (Å²) in [6, 6.07) is 0. The van der Waals surface area contributed by atoms with Crippen molar-refractivity contribution in [2.75, 3.05) is 6.61 Å². The molecule has 0 unspecified atom stereocenters. The number of carbonyl (C=O) groups excluding carboxylic acids is 2. The Kier molecular flexibility index (Phi) is 10.3. The average Bonchev–Trinajstić information content (AvgIpc) is 2.43. The van der Waals surface area contributed by atoms with Gasteiger partial charge in [0.2, 0.25) is 0 Å². The molecule has 0 saturated carbocycles. The number of ketones is 1. The molecule has 0 spiro atoms. The zero-order chi connectivity index (χ0) is 14.5. The lowest BCUT2D eigenvalue weighted by Crippen LogP contribution is -2.09. The molecule has 1 fully saturated rings. The highest BCUT2D eigenvalue weighted by molar-refractivity contribution is 5.78. The van der Waals surface area contributed by atoms with Crippen molar-refractivity contribution in [3.63, 3.8) is 0 Å². The highest BCUT2D eigenvalue weighted by Crippen LogP contribution is 2.13. The van der Waals surface area contributed by atoms with E-state index in [1.54, 1.807) is 0 Å². The van der Waals surface area contributed by atoms with Gasteiger partial charge in [0, 0.05) is 19.3 Å². The molecular formula is C17H30O3. The van der Waals surface area contributed by atoms with E-state index in [1.165, 1.54) is 44.9 Å². The first-order chi connectivity index (χ1) is 9.79. The number of hydrogen-bond donors (Lipinski definition) is 0. The van der Waals surface area contributed by atoms with Crippen molar-refractivity contribution in [3.8, 4) is 0 Å². The average molecular weight is 282 g/mol. The molecule has 0 aromatic heterocycles. The molecule has 1 heterocycles. The molecule has 116 valence electrons. The predicted octanol–water partition coefficient (Wildman–Crippen LogP) is 4.57. The van der Waals surface area contributed by atoms with E-state index in [2.05, 4.69) is 0 Å². The minimum Gasteiger partial charge on any atom is -0.465 e. The van der Waals surface area contributed by atoms with Crippen LogP contribution in [0.5, 0.6) is 0 Å². The highest BCUT2D eigenvalue weighted by Gasteiger charge is 2.06. The van der Waals surface area contributed by atoms with Crippen LogP contribution >= 0.6 is 0 Å². The molecule has 0 aromatic carbocycles. The monoisotopic (exact) mass is 282 g/mol. The molecular weight excluding hydrogens is 252 g/mol. The Morgan fingerprint density at radius 1 is 0.550 bits per heavy atom. The van der Waals surface area contributed by atoms with Crippen LogP contribution in [0.3, 0.4) is 0 Å². The standard InChI is InChI=1S/C17H30O3/c18-16-12-10-8-6-4-2-1-3-5-7-9-11-13-17(19)20-15-14-16/h1-15H2. The predicted molar refractivity (Wildman–Crippen MR) is 80.6 cm³/mol. The highest BCUT2D eigenvalue weighted by atomic mass is 16.5. The summed E-state index contributed by atoms with van der Waals surface area (Å²) in [5, 5.41) is 0. The normalized spacial score (nSPS) is 22.6. The molecule has 1 rings (SSSR count). The number of rotatable bonds is 0. The minimum absolute atomic E-state index is 0.140. The van der Waals surface area contributed by atoms with Crippen LogP contribution in [0.1, 0.15) is 89.9 Å². The third-order valence-corrected chi connectivity index (χ3v) is 3.98. The van der Waals surface area contributed by atoms with Crippen molar-refractivity contribution < 1.29 is 14.3 Å². The van der Waals surface area contributed by atoms with Crippen LogP contribution in [0.2, 0.25) is 0 Å². The number of ether oxygens (including phenoxy) is 1. The van der Waals surface area contributed by atoms with E-state index in [1.807, 2.05) is 0 Å². The largest absolute Gasteiger partial charge is 0.465 e. The fourth-order valence-electron chi connectivity index (χ4n) is 2.66. The smallest absolute Gasteiger partial charge is 0.305 e. The molecule has 0 N–H and O–H groups in total. The maximum atomic E-state index is 11.6. The molecule has 1 aliphatic heterocycles. The first kappa shape index (κ1) is 17.2. The Labute approximate surface area is 123 Å². The minimum atomic E-state index is -0.140. The molecule has 3 heteroatoms. The van der Waals surface area contributed by atoms with Crippen molar-refractivity contribution in [2.45, 2.75) is 89.9 Å². The fourth-order valence-corrected chi connectivity index (χ4v) is 2.66. The van der Waals surface area contributed by atoms with Crippen molar-refractivity contribution >= 4 is 11.8 Å². The van der Waals surface area contributed by atoms with Gasteiger partial charge in [-0.2, -0.15) is 0 Å². The molecule has 0 radical (unpaired) electrons. The molecule has 1 aliphatic rings. The summed E-state index contributed by atoms with van der Waals surface area (Å²) in [6.45, 7) is 0.275. The van der Waals surface area contributed by atoms with Crippen LogP contribution in [0.15, 0.2) is 0 Å². The zero-order valence-electron chi connectivity index (χ0n) is 12.8. The quantitative estimate of drug-likeness (QED) is 0.611. The number of esters is 1. The summed E-state index contributed by atoms with van der Waals surface area (Å²) in [4.78, 5) is 23.0. The van der Waals surface area contributed by atoms with Gasteiger partial charge in [-0.3, -0.25) is 9.59 Å². The second kappa shape index (κ2) is 11.9. The lowest BCUT2D eigenvalue weighted by Gasteiger charge is -2.06. The molecule has 0 aliphatic carbocycles. The molecule has 0 bridgehead atoms. The summed E-state index contributed by atoms with van der Waals surface area (Å²) in [5.74, 6) is 0.0952. The van der Waals surface area contributed by atoms with Gasteiger partial charge in [-0.25, -0.2) is 0 Å².